The third-order valence-electron chi connectivity index (χ3n) is 4.52. The first-order valence-corrected chi connectivity index (χ1v) is 9.40. The van der Waals surface area contributed by atoms with Gasteiger partial charge >= 0.3 is 0 Å². The van der Waals surface area contributed by atoms with Gasteiger partial charge in [0, 0.05) is 33.2 Å². The van der Waals surface area contributed by atoms with Crippen molar-refractivity contribution in [3.63, 3.8) is 0 Å². The molecule has 0 aromatic heterocycles. The van der Waals surface area contributed by atoms with Crippen molar-refractivity contribution in [2.75, 3.05) is 40.5 Å². The Hall–Kier alpha value is -2.07. The van der Waals surface area contributed by atoms with Crippen LogP contribution in [0.1, 0.15) is 11.1 Å². The van der Waals surface area contributed by atoms with E-state index in [9.17, 15) is 4.39 Å². The van der Waals surface area contributed by atoms with Crippen LogP contribution in [0.5, 0.6) is 11.5 Å². The highest BCUT2D eigenvalue weighted by molar-refractivity contribution is 14.0. The van der Waals surface area contributed by atoms with Gasteiger partial charge in [-0.2, -0.15) is 0 Å². The molecule has 0 amide bonds. The summed E-state index contributed by atoms with van der Waals surface area (Å²) in [4.78, 5) is 6.44. The van der Waals surface area contributed by atoms with Gasteiger partial charge in [0.15, 0.2) is 17.5 Å². The normalized spacial score (nSPS) is 12.6. The largest absolute Gasteiger partial charge is 0.454 e. The molecule has 1 aliphatic rings. The number of rotatable bonds is 8. The van der Waals surface area contributed by atoms with Gasteiger partial charge in [-0.05, 0) is 48.9 Å². The van der Waals surface area contributed by atoms with E-state index in [1.165, 1.54) is 17.7 Å². The summed E-state index contributed by atoms with van der Waals surface area (Å²) in [6.07, 6.45) is 0.863. The first-order valence-electron chi connectivity index (χ1n) is 9.40. The van der Waals surface area contributed by atoms with E-state index in [0.29, 0.717) is 6.79 Å². The molecule has 0 atom stereocenters. The molecule has 1 heterocycles. The number of hydrogen-bond acceptors (Lipinski definition) is 4. The second kappa shape index (κ2) is 11.8. The van der Waals surface area contributed by atoms with E-state index in [2.05, 4.69) is 26.6 Å². The fourth-order valence-corrected chi connectivity index (χ4v) is 2.99. The molecule has 158 valence electrons. The summed E-state index contributed by atoms with van der Waals surface area (Å²) < 4.78 is 23.7. The van der Waals surface area contributed by atoms with Crippen molar-refractivity contribution in [2.45, 2.75) is 13.0 Å². The highest BCUT2D eigenvalue weighted by Crippen LogP contribution is 2.32. The molecule has 2 aromatic rings. The smallest absolute Gasteiger partial charge is 0.231 e. The monoisotopic (exact) mass is 514 g/mol. The van der Waals surface area contributed by atoms with Crippen LogP contribution in [-0.4, -0.2) is 51.4 Å². The van der Waals surface area contributed by atoms with Gasteiger partial charge in [0.1, 0.15) is 5.82 Å². The molecular formula is C21H28FIN4O2. The van der Waals surface area contributed by atoms with Crippen molar-refractivity contribution in [2.24, 2.45) is 4.99 Å². The summed E-state index contributed by atoms with van der Waals surface area (Å²) in [6.45, 7) is 3.45. The second-order valence-electron chi connectivity index (χ2n) is 6.73. The third kappa shape index (κ3) is 7.36. The lowest BCUT2D eigenvalue weighted by Gasteiger charge is -2.18. The SMILES string of the molecule is CN=C(NCCc1ccc2c(c1)OCO2)NCCN(C)Cc1ccc(F)cc1.I. The highest BCUT2D eigenvalue weighted by Gasteiger charge is 2.13. The fourth-order valence-electron chi connectivity index (χ4n) is 2.99. The maximum atomic E-state index is 13.0. The van der Waals surface area contributed by atoms with Crippen LogP contribution in [0.15, 0.2) is 47.5 Å². The second-order valence-corrected chi connectivity index (χ2v) is 6.73. The van der Waals surface area contributed by atoms with Crippen molar-refractivity contribution in [3.05, 3.63) is 59.4 Å². The number of fused-ring (bicyclic) bond motifs is 1. The molecule has 0 fully saturated rings. The average Bonchev–Trinajstić information content (AvgIpc) is 3.16. The summed E-state index contributed by atoms with van der Waals surface area (Å²) in [7, 11) is 3.80. The van der Waals surface area contributed by atoms with Crippen molar-refractivity contribution in [3.8, 4) is 11.5 Å². The molecule has 0 saturated heterocycles. The van der Waals surface area contributed by atoms with Gasteiger partial charge in [0.05, 0.1) is 0 Å². The van der Waals surface area contributed by atoms with Crippen LogP contribution in [0.2, 0.25) is 0 Å². The minimum absolute atomic E-state index is 0. The zero-order valence-corrected chi connectivity index (χ0v) is 19.1. The Morgan fingerprint density at radius 1 is 1.03 bits per heavy atom. The Morgan fingerprint density at radius 3 is 2.48 bits per heavy atom. The minimum atomic E-state index is -0.205. The Balaban J connectivity index is 0.00000300. The summed E-state index contributed by atoms with van der Waals surface area (Å²) in [5.41, 5.74) is 2.28. The Morgan fingerprint density at radius 2 is 1.72 bits per heavy atom. The number of halogens is 2. The van der Waals surface area contributed by atoms with E-state index in [0.717, 1.165) is 55.6 Å². The lowest BCUT2D eigenvalue weighted by molar-refractivity contribution is 0.174. The summed E-state index contributed by atoms with van der Waals surface area (Å²) in [6, 6.07) is 12.6. The number of hydrogen-bond donors (Lipinski definition) is 2. The van der Waals surface area contributed by atoms with Gasteiger partial charge in [-0.1, -0.05) is 18.2 Å². The molecular weight excluding hydrogens is 486 g/mol. The number of nitrogens with zero attached hydrogens (tertiary/aromatic N) is 2. The first kappa shape index (κ1) is 23.2. The van der Waals surface area contributed by atoms with Crippen LogP contribution in [0, 0.1) is 5.82 Å². The van der Waals surface area contributed by atoms with Gasteiger partial charge in [0.2, 0.25) is 6.79 Å². The fraction of sp³-hybridized carbons (Fsp3) is 0.381. The molecule has 0 bridgehead atoms. The third-order valence-corrected chi connectivity index (χ3v) is 4.52. The Bertz CT molecular complexity index is 802. The zero-order valence-electron chi connectivity index (χ0n) is 16.8. The van der Waals surface area contributed by atoms with Gasteiger partial charge in [-0.3, -0.25) is 4.99 Å². The lowest BCUT2D eigenvalue weighted by atomic mass is 10.1. The summed E-state index contributed by atoms with van der Waals surface area (Å²) >= 11 is 0. The minimum Gasteiger partial charge on any atom is -0.454 e. The molecule has 3 rings (SSSR count). The van der Waals surface area contributed by atoms with Crippen LogP contribution in [0.3, 0.4) is 0 Å². The predicted molar refractivity (Wildman–Crippen MR) is 124 cm³/mol. The zero-order chi connectivity index (χ0) is 19.8. The van der Waals surface area contributed by atoms with E-state index < -0.39 is 0 Å². The van der Waals surface area contributed by atoms with Crippen molar-refractivity contribution in [1.29, 1.82) is 0 Å². The molecule has 0 aliphatic carbocycles. The van der Waals surface area contributed by atoms with E-state index in [4.69, 9.17) is 9.47 Å². The van der Waals surface area contributed by atoms with E-state index in [-0.39, 0.29) is 29.8 Å². The molecule has 29 heavy (non-hydrogen) atoms. The van der Waals surface area contributed by atoms with Gasteiger partial charge in [-0.15, -0.1) is 24.0 Å². The number of likely N-dealkylation sites (N-methyl/N-ethyl adjacent to an activating group) is 1. The maximum absolute atomic E-state index is 13.0. The maximum Gasteiger partial charge on any atom is 0.231 e. The first-order chi connectivity index (χ1) is 13.6. The lowest BCUT2D eigenvalue weighted by Crippen LogP contribution is -2.41. The van der Waals surface area contributed by atoms with Crippen LogP contribution in [0.4, 0.5) is 4.39 Å². The summed E-state index contributed by atoms with van der Waals surface area (Å²) in [5, 5.41) is 6.64. The van der Waals surface area contributed by atoms with Crippen molar-refractivity contribution in [1.82, 2.24) is 15.5 Å². The standard InChI is InChI=1S/C21H27FN4O2.HI/c1-23-21(24-10-9-16-5-8-19-20(13-16)28-15-27-19)25-11-12-26(2)14-17-3-6-18(22)7-4-17;/h3-8,13H,9-12,14-15H2,1-2H3,(H2,23,24,25);1H. The molecule has 0 spiro atoms. The Kier molecular flexibility index (Phi) is 9.46. The number of guanidine groups is 1. The highest BCUT2D eigenvalue weighted by atomic mass is 127. The number of aliphatic imine (C=N–C) groups is 1. The number of ether oxygens (including phenoxy) is 2. The summed E-state index contributed by atoms with van der Waals surface area (Å²) in [5.74, 6) is 2.18. The van der Waals surface area contributed by atoms with Crippen LogP contribution >= 0.6 is 24.0 Å². The van der Waals surface area contributed by atoms with Gasteiger partial charge < -0.3 is 25.0 Å². The molecule has 0 radical (unpaired) electrons. The molecule has 8 heteroatoms. The van der Waals surface area contributed by atoms with Gasteiger partial charge in [0.25, 0.3) is 0 Å². The number of benzene rings is 2. The van der Waals surface area contributed by atoms with E-state index >= 15 is 0 Å². The molecule has 2 aromatic carbocycles. The van der Waals surface area contributed by atoms with E-state index in [1.807, 2.05) is 31.3 Å². The molecule has 0 saturated carbocycles. The predicted octanol–water partition coefficient (Wildman–Crippen LogP) is 3.01. The quantitative estimate of drug-likeness (QED) is 0.323. The van der Waals surface area contributed by atoms with Crippen molar-refractivity contribution >= 4 is 29.9 Å². The van der Waals surface area contributed by atoms with Crippen LogP contribution in [0.25, 0.3) is 0 Å². The number of nitrogens with one attached hydrogen (secondary N) is 2. The molecule has 6 nitrogen and oxygen atoms in total. The molecule has 2 N–H and O–H groups in total. The van der Waals surface area contributed by atoms with Crippen molar-refractivity contribution < 1.29 is 13.9 Å². The van der Waals surface area contributed by atoms with Crippen LogP contribution in [-0.2, 0) is 13.0 Å². The molecule has 0 unspecified atom stereocenters. The average molecular weight is 514 g/mol. The van der Waals surface area contributed by atoms with Crippen LogP contribution < -0.4 is 20.1 Å². The topological polar surface area (TPSA) is 58.1 Å². The van der Waals surface area contributed by atoms with E-state index in [1.54, 1.807) is 7.05 Å². The Labute approximate surface area is 188 Å². The van der Waals surface area contributed by atoms with Gasteiger partial charge in [-0.25, -0.2) is 4.39 Å². The molecule has 1 aliphatic heterocycles.